The lowest BCUT2D eigenvalue weighted by atomic mass is 10.2. The molecule has 3 aromatic carbocycles. The second-order valence-electron chi connectivity index (χ2n) is 7.16. The van der Waals surface area contributed by atoms with Crippen LogP contribution in [0.3, 0.4) is 0 Å². The van der Waals surface area contributed by atoms with Crippen molar-refractivity contribution < 1.29 is 9.53 Å². The largest absolute Gasteiger partial charge is 0.487 e. The summed E-state index contributed by atoms with van der Waals surface area (Å²) in [5, 5.41) is 4.56. The Kier molecular flexibility index (Phi) is 8.27. The van der Waals surface area contributed by atoms with Crippen LogP contribution in [-0.4, -0.2) is 11.1 Å². The van der Waals surface area contributed by atoms with E-state index in [0.717, 1.165) is 35.3 Å². The predicted molar refractivity (Wildman–Crippen MR) is 155 cm³/mol. The molecule has 0 bridgehead atoms. The minimum Gasteiger partial charge on any atom is -0.487 e. The molecule has 1 N–H and O–H groups in total. The fourth-order valence-corrected chi connectivity index (χ4v) is 6.39. The third-order valence-corrected chi connectivity index (χ3v) is 7.72. The molecule has 1 saturated heterocycles. The van der Waals surface area contributed by atoms with Crippen molar-refractivity contribution in [2.45, 2.75) is 13.5 Å². The highest BCUT2D eigenvalue weighted by molar-refractivity contribution is 14.1. The second-order valence-corrected chi connectivity index (χ2v) is 11.4. The summed E-state index contributed by atoms with van der Waals surface area (Å²) in [5.74, 6) is 0.614. The summed E-state index contributed by atoms with van der Waals surface area (Å²) in [7, 11) is 0. The van der Waals surface area contributed by atoms with Gasteiger partial charge in [-0.2, -0.15) is 0 Å². The minimum absolute atomic E-state index is 0.159. The number of halogens is 4. The van der Waals surface area contributed by atoms with E-state index in [1.54, 1.807) is 12.1 Å². The Bertz CT molecular complexity index is 1270. The van der Waals surface area contributed by atoms with Crippen molar-refractivity contribution in [3.63, 3.8) is 0 Å². The molecular formula is C24H16Cl2I2N2O2S. The summed E-state index contributed by atoms with van der Waals surface area (Å²) in [6, 6.07) is 17.2. The molecule has 1 fully saturated rings. The van der Waals surface area contributed by atoms with Gasteiger partial charge in [0.1, 0.15) is 12.4 Å². The van der Waals surface area contributed by atoms with Crippen molar-refractivity contribution in [2.24, 2.45) is 4.99 Å². The van der Waals surface area contributed by atoms with Gasteiger partial charge in [-0.15, -0.1) is 0 Å². The number of carbonyl (C=O) groups is 1. The zero-order chi connectivity index (χ0) is 23.5. The zero-order valence-electron chi connectivity index (χ0n) is 17.2. The number of ether oxygens (including phenoxy) is 1. The number of aryl methyl sites for hydroxylation is 1. The van der Waals surface area contributed by atoms with E-state index in [1.807, 2.05) is 55.5 Å². The quantitative estimate of drug-likeness (QED) is 0.215. The number of amidine groups is 1. The Labute approximate surface area is 233 Å². The van der Waals surface area contributed by atoms with Crippen LogP contribution in [0.1, 0.15) is 16.7 Å². The summed E-state index contributed by atoms with van der Waals surface area (Å²) in [6.45, 7) is 2.36. The van der Waals surface area contributed by atoms with Crippen LogP contribution in [0.2, 0.25) is 10.0 Å². The summed E-state index contributed by atoms with van der Waals surface area (Å²) >= 11 is 18.0. The Hall–Kier alpha value is -1.27. The Morgan fingerprint density at radius 3 is 2.42 bits per heavy atom. The van der Waals surface area contributed by atoms with Gasteiger partial charge in [-0.05, 0) is 112 Å². The van der Waals surface area contributed by atoms with E-state index in [0.29, 0.717) is 26.7 Å². The van der Waals surface area contributed by atoms with Gasteiger partial charge in [-0.3, -0.25) is 4.79 Å². The van der Waals surface area contributed by atoms with Crippen molar-refractivity contribution in [3.8, 4) is 5.75 Å². The van der Waals surface area contributed by atoms with Gasteiger partial charge in [0.05, 0.1) is 17.7 Å². The number of thioether (sulfide) groups is 1. The molecule has 1 aliphatic rings. The number of hydrogen-bond acceptors (Lipinski definition) is 4. The van der Waals surface area contributed by atoms with Crippen molar-refractivity contribution >= 4 is 103 Å². The highest BCUT2D eigenvalue weighted by Crippen LogP contribution is 2.33. The van der Waals surface area contributed by atoms with Crippen LogP contribution in [0.5, 0.6) is 5.75 Å². The molecule has 9 heteroatoms. The minimum atomic E-state index is -0.159. The van der Waals surface area contributed by atoms with Crippen LogP contribution >= 0.6 is 80.1 Å². The molecule has 1 aliphatic heterocycles. The fourth-order valence-electron chi connectivity index (χ4n) is 2.96. The van der Waals surface area contributed by atoms with Gasteiger partial charge in [0.2, 0.25) is 0 Å². The number of nitrogens with one attached hydrogen (secondary N) is 1. The van der Waals surface area contributed by atoms with Gasteiger partial charge < -0.3 is 10.1 Å². The average molecular weight is 721 g/mol. The molecule has 33 heavy (non-hydrogen) atoms. The van der Waals surface area contributed by atoms with Crippen LogP contribution in [0.15, 0.2) is 64.5 Å². The lowest BCUT2D eigenvalue weighted by Crippen LogP contribution is -2.19. The van der Waals surface area contributed by atoms with E-state index in [1.165, 1.54) is 11.8 Å². The van der Waals surface area contributed by atoms with E-state index in [4.69, 9.17) is 27.9 Å². The predicted octanol–water partition coefficient (Wildman–Crippen LogP) is 7.98. The lowest BCUT2D eigenvalue weighted by Gasteiger charge is -2.12. The molecule has 1 heterocycles. The van der Waals surface area contributed by atoms with Crippen LogP contribution in [0.4, 0.5) is 5.69 Å². The van der Waals surface area contributed by atoms with Crippen molar-refractivity contribution in [1.29, 1.82) is 0 Å². The van der Waals surface area contributed by atoms with Crippen LogP contribution < -0.4 is 10.1 Å². The molecule has 0 aliphatic carbocycles. The molecular weight excluding hydrogens is 705 g/mol. The molecule has 4 rings (SSSR count). The first-order valence-electron chi connectivity index (χ1n) is 9.70. The molecule has 3 aromatic rings. The molecule has 1 amide bonds. The SMILES string of the molecule is Cc1ccc(N=C2NC(=O)/C(=C\c3cc(I)c(OCc4ccc(Cl)cc4Cl)c(I)c3)S2)cc1. The normalized spacial score (nSPS) is 15.8. The first-order chi connectivity index (χ1) is 15.8. The second kappa shape index (κ2) is 11.0. The molecule has 0 unspecified atom stereocenters. The van der Waals surface area contributed by atoms with E-state index in [2.05, 4.69) is 55.5 Å². The van der Waals surface area contributed by atoms with Crippen molar-refractivity contribution in [3.05, 3.63) is 93.4 Å². The number of nitrogens with zero attached hydrogens (tertiary/aromatic N) is 1. The van der Waals surface area contributed by atoms with E-state index in [9.17, 15) is 4.79 Å². The standard InChI is InChI=1S/C24H16Cl2I2N2O2S/c1-13-2-6-17(7-3-13)29-24-30-23(31)21(33-24)10-14-8-19(27)22(20(28)9-14)32-12-15-4-5-16(25)11-18(15)26/h2-11H,12H2,1H3,(H,29,30,31)/b21-10+. The van der Waals surface area contributed by atoms with E-state index < -0.39 is 0 Å². The van der Waals surface area contributed by atoms with Crippen LogP contribution in [-0.2, 0) is 11.4 Å². The maximum Gasteiger partial charge on any atom is 0.264 e. The van der Waals surface area contributed by atoms with Gasteiger partial charge in [0.15, 0.2) is 5.17 Å². The average Bonchev–Trinajstić information content (AvgIpc) is 3.09. The number of benzene rings is 3. The molecule has 0 atom stereocenters. The highest BCUT2D eigenvalue weighted by Gasteiger charge is 2.24. The third-order valence-electron chi connectivity index (χ3n) is 4.62. The summed E-state index contributed by atoms with van der Waals surface area (Å²) in [4.78, 5) is 17.6. The number of carbonyl (C=O) groups excluding carboxylic acids is 1. The monoisotopic (exact) mass is 720 g/mol. The van der Waals surface area contributed by atoms with Gasteiger partial charge in [0.25, 0.3) is 5.91 Å². The molecule has 0 radical (unpaired) electrons. The molecule has 0 saturated carbocycles. The maximum atomic E-state index is 12.5. The zero-order valence-corrected chi connectivity index (χ0v) is 23.8. The first kappa shape index (κ1) is 24.8. The third kappa shape index (κ3) is 6.45. The Balaban J connectivity index is 1.50. The molecule has 168 valence electrons. The van der Waals surface area contributed by atoms with Crippen molar-refractivity contribution in [1.82, 2.24) is 5.32 Å². The van der Waals surface area contributed by atoms with E-state index >= 15 is 0 Å². The summed E-state index contributed by atoms with van der Waals surface area (Å²) in [5.41, 5.74) is 3.74. The molecule has 0 aromatic heterocycles. The topological polar surface area (TPSA) is 50.7 Å². The maximum absolute atomic E-state index is 12.5. The smallest absolute Gasteiger partial charge is 0.264 e. The fraction of sp³-hybridized carbons (Fsp3) is 0.0833. The van der Waals surface area contributed by atoms with Gasteiger partial charge in [0, 0.05) is 15.6 Å². The molecule has 0 spiro atoms. The summed E-state index contributed by atoms with van der Waals surface area (Å²) < 4.78 is 7.92. The number of aliphatic imine (C=N–C) groups is 1. The lowest BCUT2D eigenvalue weighted by molar-refractivity contribution is -0.115. The Morgan fingerprint density at radius 1 is 1.06 bits per heavy atom. The van der Waals surface area contributed by atoms with Gasteiger partial charge in [-0.1, -0.05) is 47.0 Å². The number of hydrogen-bond donors (Lipinski definition) is 1. The van der Waals surface area contributed by atoms with Gasteiger partial charge in [-0.25, -0.2) is 4.99 Å². The Morgan fingerprint density at radius 2 is 1.76 bits per heavy atom. The molecule has 4 nitrogen and oxygen atoms in total. The number of rotatable bonds is 5. The van der Waals surface area contributed by atoms with Crippen LogP contribution in [0, 0.1) is 14.1 Å². The van der Waals surface area contributed by atoms with E-state index in [-0.39, 0.29) is 5.91 Å². The summed E-state index contributed by atoms with van der Waals surface area (Å²) in [6.07, 6.45) is 1.86. The van der Waals surface area contributed by atoms with Crippen molar-refractivity contribution in [2.75, 3.05) is 0 Å². The van der Waals surface area contributed by atoms with Gasteiger partial charge >= 0.3 is 0 Å². The highest BCUT2D eigenvalue weighted by atomic mass is 127. The van der Waals surface area contributed by atoms with Crippen LogP contribution in [0.25, 0.3) is 6.08 Å². The number of amides is 1. The first-order valence-corrected chi connectivity index (χ1v) is 13.4.